The molecule has 0 aliphatic carbocycles. The second-order valence-electron chi connectivity index (χ2n) is 9.96. The highest BCUT2D eigenvalue weighted by atomic mass is 19.4. The standard InChI is InChI=1S/C29H31F3N4O6/c1-17-24(27(37)41-3)26(19-7-6-8-20(15-19)36(39)40)25(18(2)34-17)28(38)42-14-13-35-12-11-33-16-23(35)21-9-4-5-10-22(21)29(30,31)32/h4-10,15,23,26,33-34H,11-14,16H2,1-3H3. The average Bonchev–Trinajstić information content (AvgIpc) is 2.96. The average molecular weight is 589 g/mol. The van der Waals surface area contributed by atoms with Crippen LogP contribution >= 0.6 is 0 Å². The fourth-order valence-corrected chi connectivity index (χ4v) is 5.50. The van der Waals surface area contributed by atoms with Crippen LogP contribution in [0.15, 0.2) is 71.1 Å². The monoisotopic (exact) mass is 588 g/mol. The van der Waals surface area contributed by atoms with Gasteiger partial charge >= 0.3 is 18.1 Å². The van der Waals surface area contributed by atoms with Crippen molar-refractivity contribution in [1.82, 2.24) is 15.5 Å². The number of piperazine rings is 1. The fourth-order valence-electron chi connectivity index (χ4n) is 5.50. The molecule has 2 aromatic carbocycles. The third-order valence-electron chi connectivity index (χ3n) is 7.39. The molecule has 2 heterocycles. The van der Waals surface area contributed by atoms with Gasteiger partial charge in [-0.25, -0.2) is 9.59 Å². The number of nitrogens with zero attached hydrogens (tertiary/aromatic N) is 2. The van der Waals surface area contributed by atoms with Crippen molar-refractivity contribution in [2.75, 3.05) is 39.9 Å². The number of dihydropyridines is 1. The Kier molecular flexibility index (Phi) is 9.32. The van der Waals surface area contributed by atoms with E-state index in [-0.39, 0.29) is 42.1 Å². The van der Waals surface area contributed by atoms with Gasteiger partial charge in [0.15, 0.2) is 0 Å². The van der Waals surface area contributed by atoms with E-state index in [4.69, 9.17) is 9.47 Å². The predicted molar refractivity (Wildman–Crippen MR) is 146 cm³/mol. The number of alkyl halides is 3. The lowest BCUT2D eigenvalue weighted by atomic mass is 9.80. The Balaban J connectivity index is 1.58. The maximum absolute atomic E-state index is 13.7. The number of hydrogen-bond acceptors (Lipinski definition) is 9. The highest BCUT2D eigenvalue weighted by Crippen LogP contribution is 2.40. The van der Waals surface area contributed by atoms with E-state index in [0.717, 1.165) is 6.07 Å². The number of methoxy groups -OCH3 is 1. The van der Waals surface area contributed by atoms with Crippen LogP contribution in [0.1, 0.15) is 42.5 Å². The molecule has 2 aromatic rings. The smallest absolute Gasteiger partial charge is 0.416 e. The van der Waals surface area contributed by atoms with Crippen LogP contribution in [0.5, 0.6) is 0 Å². The van der Waals surface area contributed by atoms with Gasteiger partial charge in [0.25, 0.3) is 5.69 Å². The maximum Gasteiger partial charge on any atom is 0.416 e. The largest absolute Gasteiger partial charge is 0.466 e. The van der Waals surface area contributed by atoms with Gasteiger partial charge < -0.3 is 20.1 Å². The van der Waals surface area contributed by atoms with Crippen LogP contribution in [0, 0.1) is 10.1 Å². The summed E-state index contributed by atoms with van der Waals surface area (Å²) in [6.45, 7) is 4.54. The first-order chi connectivity index (χ1) is 19.9. The lowest BCUT2D eigenvalue weighted by Crippen LogP contribution is -2.47. The molecule has 0 saturated carbocycles. The summed E-state index contributed by atoms with van der Waals surface area (Å²) in [5, 5.41) is 17.6. The Morgan fingerprint density at radius 2 is 1.76 bits per heavy atom. The summed E-state index contributed by atoms with van der Waals surface area (Å²) in [7, 11) is 1.19. The second-order valence-corrected chi connectivity index (χ2v) is 9.96. The van der Waals surface area contributed by atoms with Crippen molar-refractivity contribution in [1.29, 1.82) is 0 Å². The minimum absolute atomic E-state index is 0.0702. The van der Waals surface area contributed by atoms with E-state index < -0.39 is 40.6 Å². The van der Waals surface area contributed by atoms with Gasteiger partial charge in [0.2, 0.25) is 0 Å². The van der Waals surface area contributed by atoms with Crippen molar-refractivity contribution in [2.45, 2.75) is 32.0 Å². The Morgan fingerprint density at radius 3 is 2.43 bits per heavy atom. The Morgan fingerprint density at radius 1 is 1.07 bits per heavy atom. The van der Waals surface area contributed by atoms with Crippen molar-refractivity contribution < 1.29 is 37.2 Å². The van der Waals surface area contributed by atoms with Gasteiger partial charge in [0.05, 0.1) is 34.7 Å². The number of carbonyl (C=O) groups excluding carboxylic acids is 2. The molecule has 1 saturated heterocycles. The summed E-state index contributed by atoms with van der Waals surface area (Å²) >= 11 is 0. The number of non-ortho nitro benzene ring substituents is 1. The lowest BCUT2D eigenvalue weighted by molar-refractivity contribution is -0.384. The first kappa shape index (κ1) is 30.7. The molecule has 0 bridgehead atoms. The molecule has 2 unspecified atom stereocenters. The molecule has 2 N–H and O–H groups in total. The van der Waals surface area contributed by atoms with Crippen LogP contribution in [0.25, 0.3) is 0 Å². The zero-order valence-corrected chi connectivity index (χ0v) is 23.3. The summed E-state index contributed by atoms with van der Waals surface area (Å²) in [5.74, 6) is -2.51. The van der Waals surface area contributed by atoms with Crippen LogP contribution in [-0.2, 0) is 25.2 Å². The number of benzene rings is 2. The van der Waals surface area contributed by atoms with E-state index in [1.165, 1.54) is 37.4 Å². The summed E-state index contributed by atoms with van der Waals surface area (Å²) < 4.78 is 51.8. The van der Waals surface area contributed by atoms with Crippen molar-refractivity contribution >= 4 is 17.6 Å². The van der Waals surface area contributed by atoms with E-state index in [0.29, 0.717) is 30.0 Å². The van der Waals surface area contributed by atoms with E-state index in [1.54, 1.807) is 26.0 Å². The molecule has 42 heavy (non-hydrogen) atoms. The number of hydrogen-bond donors (Lipinski definition) is 2. The molecule has 2 atom stereocenters. The van der Waals surface area contributed by atoms with Gasteiger partial charge in [-0.15, -0.1) is 0 Å². The molecule has 224 valence electrons. The molecule has 4 rings (SSSR count). The van der Waals surface area contributed by atoms with E-state index in [1.807, 2.05) is 4.90 Å². The number of nitro groups is 1. The molecular weight excluding hydrogens is 557 g/mol. The molecule has 0 spiro atoms. The molecule has 2 aliphatic heterocycles. The highest BCUT2D eigenvalue weighted by Gasteiger charge is 2.39. The summed E-state index contributed by atoms with van der Waals surface area (Å²) in [6.07, 6.45) is -4.52. The third kappa shape index (κ3) is 6.47. The maximum atomic E-state index is 13.7. The number of esters is 2. The molecule has 10 nitrogen and oxygen atoms in total. The number of nitro benzene ring substituents is 1. The molecule has 0 amide bonds. The van der Waals surface area contributed by atoms with E-state index in [9.17, 15) is 32.9 Å². The zero-order valence-electron chi connectivity index (χ0n) is 23.3. The van der Waals surface area contributed by atoms with Gasteiger partial charge in [-0.1, -0.05) is 30.3 Å². The summed E-state index contributed by atoms with van der Waals surface area (Å²) in [6, 6.07) is 10.4. The predicted octanol–water partition coefficient (Wildman–Crippen LogP) is 4.21. The van der Waals surface area contributed by atoms with Crippen LogP contribution in [0.2, 0.25) is 0 Å². The quantitative estimate of drug-likeness (QED) is 0.265. The number of halogens is 3. The van der Waals surface area contributed by atoms with E-state index in [2.05, 4.69) is 10.6 Å². The first-order valence-corrected chi connectivity index (χ1v) is 13.2. The SMILES string of the molecule is COC(=O)C1=C(C)NC(C)=C(C(=O)OCCN2CCNCC2c2ccccc2C(F)(F)F)C1c1cccc([N+](=O)[O-])c1. The number of carbonyl (C=O) groups is 2. The van der Waals surface area contributed by atoms with Crippen LogP contribution < -0.4 is 10.6 Å². The number of allylic oxidation sites excluding steroid dienone is 2. The Labute approximate surface area is 240 Å². The van der Waals surface area contributed by atoms with Crippen molar-refractivity contribution in [3.05, 3.63) is 97.9 Å². The molecule has 0 aromatic heterocycles. The van der Waals surface area contributed by atoms with Crippen LogP contribution in [0.4, 0.5) is 18.9 Å². The summed E-state index contributed by atoms with van der Waals surface area (Å²) in [5.41, 5.74) is 0.493. The second kappa shape index (κ2) is 12.7. The summed E-state index contributed by atoms with van der Waals surface area (Å²) in [4.78, 5) is 39.1. The zero-order chi connectivity index (χ0) is 30.6. The molecule has 2 aliphatic rings. The molecular formula is C29H31F3N4O6. The number of ether oxygens (including phenoxy) is 2. The van der Waals surface area contributed by atoms with Gasteiger partial charge in [-0.3, -0.25) is 15.0 Å². The normalized spacial score (nSPS) is 19.8. The molecule has 1 fully saturated rings. The topological polar surface area (TPSA) is 123 Å². The minimum atomic E-state index is -4.52. The lowest BCUT2D eigenvalue weighted by Gasteiger charge is -2.37. The van der Waals surface area contributed by atoms with Crippen LogP contribution in [-0.4, -0.2) is 61.7 Å². The van der Waals surface area contributed by atoms with Crippen molar-refractivity contribution in [3.8, 4) is 0 Å². The van der Waals surface area contributed by atoms with Gasteiger partial charge in [-0.2, -0.15) is 13.2 Å². The van der Waals surface area contributed by atoms with Crippen LogP contribution in [0.3, 0.4) is 0 Å². The van der Waals surface area contributed by atoms with Crippen molar-refractivity contribution in [3.63, 3.8) is 0 Å². The number of nitrogens with one attached hydrogen (secondary N) is 2. The Hall–Kier alpha value is -4.23. The van der Waals surface area contributed by atoms with Gasteiger partial charge in [-0.05, 0) is 31.0 Å². The van der Waals surface area contributed by atoms with Gasteiger partial charge in [0, 0.05) is 55.7 Å². The van der Waals surface area contributed by atoms with Crippen molar-refractivity contribution in [2.24, 2.45) is 0 Å². The number of rotatable bonds is 8. The fraction of sp³-hybridized carbons (Fsp3) is 0.379. The molecule has 13 heteroatoms. The minimum Gasteiger partial charge on any atom is -0.466 e. The molecule has 0 radical (unpaired) electrons. The van der Waals surface area contributed by atoms with Gasteiger partial charge in [0.1, 0.15) is 6.61 Å². The van der Waals surface area contributed by atoms with E-state index >= 15 is 0 Å². The Bertz CT molecular complexity index is 1440. The third-order valence-corrected chi connectivity index (χ3v) is 7.39. The highest BCUT2D eigenvalue weighted by molar-refractivity contribution is 5.99. The first-order valence-electron chi connectivity index (χ1n) is 13.2.